The first kappa shape index (κ1) is 19.9. The summed E-state index contributed by atoms with van der Waals surface area (Å²) in [5.41, 5.74) is 8.07. The zero-order valence-electron chi connectivity index (χ0n) is 14.4. The Hall–Kier alpha value is -3.41. The number of nitrogens with zero attached hydrogens (tertiary/aromatic N) is 3. The van der Waals surface area contributed by atoms with E-state index in [2.05, 4.69) is 15.5 Å². The monoisotopic (exact) mass is 395 g/mol. The highest BCUT2D eigenvalue weighted by Crippen LogP contribution is 2.39. The van der Waals surface area contributed by atoms with Crippen molar-refractivity contribution >= 4 is 40.2 Å². The lowest BCUT2D eigenvalue weighted by atomic mass is 10.1. The number of nitrogens with one attached hydrogen (secondary N) is 1. The lowest BCUT2D eigenvalue weighted by Crippen LogP contribution is -2.23. The van der Waals surface area contributed by atoms with Gasteiger partial charge in [0.15, 0.2) is 11.9 Å². The molecule has 0 bridgehead atoms. The molecule has 4 N–H and O–H groups in total. The molecule has 2 aromatic rings. The summed E-state index contributed by atoms with van der Waals surface area (Å²) in [4.78, 5) is 25.7. The van der Waals surface area contributed by atoms with E-state index >= 15 is 0 Å². The molecule has 2 rings (SSSR count). The molecule has 12 heteroatoms. The molecular formula is C15H17N5O6S. The number of aliphatic carboxylic acids is 1. The lowest BCUT2D eigenvalue weighted by molar-refractivity contribution is -0.386. The number of hydrazone groups is 1. The van der Waals surface area contributed by atoms with E-state index in [-0.39, 0.29) is 18.1 Å². The Morgan fingerprint density at radius 1 is 1.59 bits per heavy atom. The zero-order chi connectivity index (χ0) is 20.0. The van der Waals surface area contributed by atoms with Crippen LogP contribution in [-0.2, 0) is 4.79 Å². The van der Waals surface area contributed by atoms with E-state index in [4.69, 9.17) is 20.3 Å². The van der Waals surface area contributed by atoms with Crippen molar-refractivity contribution in [2.45, 2.75) is 20.0 Å². The summed E-state index contributed by atoms with van der Waals surface area (Å²) >= 11 is 1.25. The van der Waals surface area contributed by atoms with Gasteiger partial charge in [-0.2, -0.15) is 5.10 Å². The SMILES string of the molecule is CCOc1cc(C=NNc2nc(N)cs2)cc([N+](=O)[O-])c1OC(C)C(=O)O. The number of thiazole rings is 1. The molecule has 27 heavy (non-hydrogen) atoms. The number of rotatable bonds is 9. The number of nitrogens with two attached hydrogens (primary N) is 1. The smallest absolute Gasteiger partial charge is 0.344 e. The number of carboxylic acids is 1. The second-order valence-corrected chi connectivity index (χ2v) is 5.96. The van der Waals surface area contributed by atoms with Crippen LogP contribution >= 0.6 is 11.3 Å². The van der Waals surface area contributed by atoms with Gasteiger partial charge in [0.25, 0.3) is 0 Å². The van der Waals surface area contributed by atoms with Gasteiger partial charge in [-0.1, -0.05) is 0 Å². The molecule has 0 saturated carbocycles. The Kier molecular flexibility index (Phi) is 6.49. The van der Waals surface area contributed by atoms with Gasteiger partial charge < -0.3 is 20.3 Å². The molecule has 1 aromatic heterocycles. The minimum absolute atomic E-state index is 0.0414. The van der Waals surface area contributed by atoms with Crippen LogP contribution in [0.2, 0.25) is 0 Å². The highest BCUT2D eigenvalue weighted by Gasteiger charge is 2.26. The van der Waals surface area contributed by atoms with E-state index in [0.717, 1.165) is 0 Å². The molecule has 0 aliphatic heterocycles. The largest absolute Gasteiger partial charge is 0.490 e. The summed E-state index contributed by atoms with van der Waals surface area (Å²) in [7, 11) is 0. The highest BCUT2D eigenvalue weighted by molar-refractivity contribution is 7.14. The van der Waals surface area contributed by atoms with Gasteiger partial charge >= 0.3 is 11.7 Å². The maximum atomic E-state index is 11.4. The fourth-order valence-corrected chi connectivity index (χ4v) is 2.47. The summed E-state index contributed by atoms with van der Waals surface area (Å²) in [5, 5.41) is 26.5. The third kappa shape index (κ3) is 5.28. The zero-order valence-corrected chi connectivity index (χ0v) is 15.2. The third-order valence-corrected chi connectivity index (χ3v) is 3.86. The Labute approximate surface area is 157 Å². The molecule has 144 valence electrons. The van der Waals surface area contributed by atoms with Gasteiger partial charge in [-0.05, 0) is 19.9 Å². The van der Waals surface area contributed by atoms with E-state index < -0.39 is 22.7 Å². The Balaban J connectivity index is 2.35. The van der Waals surface area contributed by atoms with Crippen LogP contribution in [-0.4, -0.2) is 39.9 Å². The Morgan fingerprint density at radius 3 is 2.89 bits per heavy atom. The van der Waals surface area contributed by atoms with E-state index in [0.29, 0.717) is 16.5 Å². The van der Waals surface area contributed by atoms with Crippen molar-refractivity contribution in [1.82, 2.24) is 4.98 Å². The number of hydrogen-bond acceptors (Lipinski definition) is 10. The molecule has 1 heterocycles. The molecule has 0 radical (unpaired) electrons. The molecule has 1 unspecified atom stereocenters. The van der Waals surface area contributed by atoms with Crippen LogP contribution in [0.1, 0.15) is 19.4 Å². The van der Waals surface area contributed by atoms with Crippen LogP contribution in [0.15, 0.2) is 22.6 Å². The van der Waals surface area contributed by atoms with Gasteiger partial charge in [-0.25, -0.2) is 9.78 Å². The highest BCUT2D eigenvalue weighted by atomic mass is 32.1. The normalized spacial score (nSPS) is 11.9. The first-order valence-corrected chi connectivity index (χ1v) is 8.54. The summed E-state index contributed by atoms with van der Waals surface area (Å²) in [6.45, 7) is 3.15. The predicted octanol–water partition coefficient (Wildman–Crippen LogP) is 2.33. The van der Waals surface area contributed by atoms with Crippen molar-refractivity contribution in [3.05, 3.63) is 33.2 Å². The first-order valence-electron chi connectivity index (χ1n) is 7.66. The van der Waals surface area contributed by atoms with Crippen molar-refractivity contribution in [1.29, 1.82) is 0 Å². The Morgan fingerprint density at radius 2 is 2.33 bits per heavy atom. The molecule has 0 aliphatic carbocycles. The van der Waals surface area contributed by atoms with E-state index in [1.165, 1.54) is 36.6 Å². The lowest BCUT2D eigenvalue weighted by Gasteiger charge is -2.15. The predicted molar refractivity (Wildman–Crippen MR) is 99.7 cm³/mol. The maximum absolute atomic E-state index is 11.4. The van der Waals surface area contributed by atoms with Crippen LogP contribution < -0.4 is 20.6 Å². The van der Waals surface area contributed by atoms with Gasteiger partial charge in [0.2, 0.25) is 10.9 Å². The number of nitrogen functional groups attached to an aromatic ring is 1. The number of anilines is 2. The fourth-order valence-electron chi connectivity index (χ4n) is 1.93. The van der Waals surface area contributed by atoms with Gasteiger partial charge in [-0.3, -0.25) is 15.5 Å². The minimum atomic E-state index is -1.29. The van der Waals surface area contributed by atoms with Crippen molar-refractivity contribution in [3.63, 3.8) is 0 Å². The minimum Gasteiger partial charge on any atom is -0.490 e. The standard InChI is InChI=1S/C15H17N5O6S/c1-3-25-11-5-9(6-17-19-15-18-12(16)7-27-15)4-10(20(23)24)13(11)26-8(2)14(21)22/h4-8H,3,16H2,1-2H3,(H,18,19)(H,21,22). The average molecular weight is 395 g/mol. The number of nitro benzene ring substituents is 1. The van der Waals surface area contributed by atoms with Gasteiger partial charge in [0.05, 0.1) is 17.7 Å². The summed E-state index contributed by atoms with van der Waals surface area (Å²) in [6.07, 6.45) is 0.0387. The second-order valence-electron chi connectivity index (χ2n) is 5.10. The summed E-state index contributed by atoms with van der Waals surface area (Å²) < 4.78 is 10.6. The number of ether oxygens (including phenoxy) is 2. The quantitative estimate of drug-likeness (QED) is 0.328. The van der Waals surface area contributed by atoms with Crippen molar-refractivity contribution in [2.75, 3.05) is 17.8 Å². The molecule has 0 aliphatic rings. The van der Waals surface area contributed by atoms with Gasteiger partial charge in [0, 0.05) is 17.0 Å². The summed E-state index contributed by atoms with van der Waals surface area (Å²) in [5.74, 6) is -1.13. The number of benzene rings is 1. The van der Waals surface area contributed by atoms with Crippen LogP contribution in [0, 0.1) is 10.1 Å². The molecule has 0 amide bonds. The summed E-state index contributed by atoms with van der Waals surface area (Å²) in [6, 6.07) is 2.66. The second kappa shape index (κ2) is 8.80. The molecule has 0 fully saturated rings. The molecule has 0 saturated heterocycles. The first-order chi connectivity index (χ1) is 12.8. The molecular weight excluding hydrogens is 378 g/mol. The number of hydrogen-bond donors (Lipinski definition) is 3. The van der Waals surface area contributed by atoms with Gasteiger partial charge in [-0.15, -0.1) is 11.3 Å². The molecule has 11 nitrogen and oxygen atoms in total. The van der Waals surface area contributed by atoms with Crippen molar-refractivity contribution in [3.8, 4) is 11.5 Å². The number of carbonyl (C=O) groups is 1. The van der Waals surface area contributed by atoms with Crippen molar-refractivity contribution < 1.29 is 24.3 Å². The van der Waals surface area contributed by atoms with Gasteiger partial charge in [0.1, 0.15) is 5.82 Å². The molecule has 0 spiro atoms. The van der Waals surface area contributed by atoms with E-state index in [1.807, 2.05) is 0 Å². The van der Waals surface area contributed by atoms with Crippen molar-refractivity contribution in [2.24, 2.45) is 5.10 Å². The van der Waals surface area contributed by atoms with E-state index in [1.54, 1.807) is 12.3 Å². The fraction of sp³-hybridized carbons (Fsp3) is 0.267. The number of nitro groups is 1. The topological polar surface area (TPSA) is 162 Å². The third-order valence-electron chi connectivity index (χ3n) is 3.09. The molecule has 1 aromatic carbocycles. The van der Waals surface area contributed by atoms with Crippen LogP contribution in [0.25, 0.3) is 0 Å². The Bertz CT molecular complexity index is 868. The number of aromatic nitrogens is 1. The van der Waals surface area contributed by atoms with Crippen LogP contribution in [0.3, 0.4) is 0 Å². The maximum Gasteiger partial charge on any atom is 0.344 e. The number of carboxylic acid groups (broad SMARTS) is 1. The average Bonchev–Trinajstić information content (AvgIpc) is 3.01. The molecule has 1 atom stereocenters. The van der Waals surface area contributed by atoms with Crippen LogP contribution in [0.4, 0.5) is 16.6 Å². The van der Waals surface area contributed by atoms with E-state index in [9.17, 15) is 14.9 Å². The van der Waals surface area contributed by atoms with Crippen LogP contribution in [0.5, 0.6) is 11.5 Å².